The van der Waals surface area contributed by atoms with E-state index in [0.717, 1.165) is 71.9 Å². The van der Waals surface area contributed by atoms with Crippen molar-refractivity contribution < 1.29 is 24.2 Å². The standard InChI is InChI=1S/C24H27ClN6O3S.C18H14ClN5O2S/c1-33-9-7-30(8-10-34-2)24(32)15-3-4-17-20(11-15)35-23-21(17)22(26-14-27-23)29-19-12-16-5-6-28-31(16)13-18(19)25;19-12-7-24-10(3-4-22-24)6-13(12)23-16-15-11-2-1-9(18(25)26)5-14(11)27-17(15)21-8-20-16/h5-6,12-15H,3-4,7-11H2,1-2H3,(H,26,27,29);3-4,6-9H,1-2,5H2,(H,25,26)(H,20,21,23)/t15-;9-/m00/s1. The van der Waals surface area contributed by atoms with Crippen molar-refractivity contribution in [3.05, 3.63) is 92.6 Å². The summed E-state index contributed by atoms with van der Waals surface area (Å²) in [7, 11) is 3.30. The number of thiophene rings is 2. The molecule has 0 radical (unpaired) electrons. The Bertz CT molecular complexity index is 2940. The van der Waals surface area contributed by atoms with E-state index in [0.29, 0.717) is 67.8 Å². The van der Waals surface area contributed by atoms with Gasteiger partial charge in [0.15, 0.2) is 0 Å². The van der Waals surface area contributed by atoms with Gasteiger partial charge in [-0.1, -0.05) is 23.2 Å². The highest BCUT2D eigenvalue weighted by atomic mass is 35.5. The number of pyridine rings is 2. The number of nitrogens with one attached hydrogen (secondary N) is 2. The van der Waals surface area contributed by atoms with Gasteiger partial charge in [-0.25, -0.2) is 29.0 Å². The Labute approximate surface area is 372 Å². The molecule has 0 unspecified atom stereocenters. The number of nitrogens with zero attached hydrogens (tertiary/aromatic N) is 9. The predicted octanol–water partition coefficient (Wildman–Crippen LogP) is 7.89. The van der Waals surface area contributed by atoms with Crippen LogP contribution in [0.15, 0.2) is 61.7 Å². The highest BCUT2D eigenvalue weighted by Crippen LogP contribution is 2.43. The first-order valence-corrected chi connectivity index (χ1v) is 22.4. The molecule has 8 aromatic heterocycles. The maximum absolute atomic E-state index is 13.3. The van der Waals surface area contributed by atoms with Gasteiger partial charge in [0.1, 0.15) is 34.0 Å². The van der Waals surface area contributed by atoms with Crippen LogP contribution in [0.3, 0.4) is 0 Å². The molecule has 2 aliphatic rings. The predicted molar refractivity (Wildman–Crippen MR) is 241 cm³/mol. The molecular weight excluding hydrogens is 874 g/mol. The van der Waals surface area contributed by atoms with Crippen LogP contribution in [-0.4, -0.2) is 102 Å². The first-order valence-electron chi connectivity index (χ1n) is 20.0. The monoisotopic (exact) mass is 913 g/mol. The number of ether oxygens (including phenoxy) is 2. The lowest BCUT2D eigenvalue weighted by molar-refractivity contribution is -0.142. The molecule has 3 N–H and O–H groups in total. The van der Waals surface area contributed by atoms with Crippen LogP contribution in [0.5, 0.6) is 0 Å². The van der Waals surface area contributed by atoms with Gasteiger partial charge in [-0.15, -0.1) is 22.7 Å². The van der Waals surface area contributed by atoms with Crippen LogP contribution in [0, 0.1) is 11.8 Å². The minimum absolute atomic E-state index is 0.0626. The van der Waals surface area contributed by atoms with E-state index in [-0.39, 0.29) is 17.7 Å². The van der Waals surface area contributed by atoms with Crippen molar-refractivity contribution >= 4 is 112 Å². The van der Waals surface area contributed by atoms with Crippen LogP contribution in [-0.2, 0) is 44.7 Å². The third-order valence-corrected chi connectivity index (χ3v) is 14.2. The molecule has 62 heavy (non-hydrogen) atoms. The fourth-order valence-electron chi connectivity index (χ4n) is 8.15. The molecule has 0 saturated carbocycles. The summed E-state index contributed by atoms with van der Waals surface area (Å²) in [5, 5.41) is 27.5. The number of halogens is 2. The van der Waals surface area contributed by atoms with Crippen LogP contribution in [0.2, 0.25) is 10.0 Å². The first kappa shape index (κ1) is 41.8. The third-order valence-electron chi connectivity index (χ3n) is 11.3. The van der Waals surface area contributed by atoms with E-state index in [1.807, 2.05) is 29.2 Å². The number of carbonyl (C=O) groups excluding carboxylic acids is 1. The van der Waals surface area contributed by atoms with Gasteiger partial charge >= 0.3 is 5.97 Å². The minimum Gasteiger partial charge on any atom is -0.481 e. The number of hydrogen-bond acceptors (Lipinski definition) is 14. The van der Waals surface area contributed by atoms with Crippen molar-refractivity contribution in [2.45, 2.75) is 38.5 Å². The second kappa shape index (κ2) is 18.1. The van der Waals surface area contributed by atoms with E-state index >= 15 is 0 Å². The quantitative estimate of drug-likeness (QED) is 0.108. The number of carbonyl (C=O) groups is 2. The second-order valence-electron chi connectivity index (χ2n) is 15.1. The van der Waals surface area contributed by atoms with Gasteiger partial charge in [0, 0.05) is 67.8 Å². The van der Waals surface area contributed by atoms with Gasteiger partial charge in [0.05, 0.1) is 62.4 Å². The van der Waals surface area contributed by atoms with E-state index in [9.17, 15) is 14.7 Å². The van der Waals surface area contributed by atoms with Gasteiger partial charge in [-0.3, -0.25) is 9.59 Å². The normalized spacial score (nSPS) is 15.9. The molecule has 0 saturated heterocycles. The molecule has 8 heterocycles. The molecule has 16 nitrogen and oxygen atoms in total. The van der Waals surface area contributed by atoms with Crippen molar-refractivity contribution in [3.63, 3.8) is 0 Å². The lowest BCUT2D eigenvalue weighted by Gasteiger charge is -2.29. The minimum atomic E-state index is -0.733. The lowest BCUT2D eigenvalue weighted by atomic mass is 9.87. The zero-order valence-corrected chi connectivity index (χ0v) is 36.8. The van der Waals surface area contributed by atoms with E-state index in [2.05, 4.69) is 40.8 Å². The highest BCUT2D eigenvalue weighted by molar-refractivity contribution is 7.19. The van der Waals surface area contributed by atoms with Gasteiger partial charge in [-0.2, -0.15) is 10.2 Å². The van der Waals surface area contributed by atoms with Gasteiger partial charge in [0.25, 0.3) is 0 Å². The van der Waals surface area contributed by atoms with Crippen LogP contribution < -0.4 is 10.6 Å². The van der Waals surface area contributed by atoms with Crippen molar-refractivity contribution in [1.82, 2.24) is 44.1 Å². The van der Waals surface area contributed by atoms with Crippen LogP contribution >= 0.6 is 45.9 Å². The Hall–Kier alpha value is -5.50. The maximum Gasteiger partial charge on any atom is 0.306 e. The van der Waals surface area contributed by atoms with Gasteiger partial charge in [0.2, 0.25) is 5.91 Å². The number of aliphatic carboxylic acids is 1. The maximum atomic E-state index is 13.3. The first-order chi connectivity index (χ1) is 30.2. The number of amides is 1. The summed E-state index contributed by atoms with van der Waals surface area (Å²) in [5.74, 6) is 0.457. The number of fused-ring (bicyclic) bond motifs is 8. The van der Waals surface area contributed by atoms with Crippen LogP contribution in [0.25, 0.3) is 31.5 Å². The molecule has 1 amide bonds. The zero-order valence-electron chi connectivity index (χ0n) is 33.7. The van der Waals surface area contributed by atoms with E-state index in [1.54, 1.807) is 77.0 Å². The van der Waals surface area contributed by atoms with Gasteiger partial charge in [-0.05, 0) is 73.9 Å². The van der Waals surface area contributed by atoms with Crippen molar-refractivity contribution in [3.8, 4) is 0 Å². The Balaban J connectivity index is 0.000000163. The molecule has 320 valence electrons. The molecule has 8 aromatic rings. The fraction of sp³-hybridized carbons (Fsp3) is 0.333. The summed E-state index contributed by atoms with van der Waals surface area (Å²) < 4.78 is 13.9. The number of carboxylic acid groups (broad SMARTS) is 1. The third kappa shape index (κ3) is 8.37. The highest BCUT2D eigenvalue weighted by Gasteiger charge is 2.32. The number of carboxylic acids is 1. The summed E-state index contributed by atoms with van der Waals surface area (Å²) in [6.45, 7) is 2.15. The Morgan fingerprint density at radius 2 is 1.26 bits per heavy atom. The molecule has 20 heteroatoms. The SMILES string of the molecule is COCCN(CCOC)C(=O)[C@H]1CCc2c(sc3ncnc(Nc4cc5ccnn5cc4Cl)c23)C1.O=C(O)[C@H]1CCc2c(sc3ncnc(Nc4cc5ccnn5cc4Cl)c23)C1. The molecule has 10 rings (SSSR count). The van der Waals surface area contributed by atoms with E-state index < -0.39 is 5.97 Å². The van der Waals surface area contributed by atoms with Crippen molar-refractivity contribution in [2.75, 3.05) is 51.2 Å². The topological polar surface area (TPSA) is 186 Å². The smallest absolute Gasteiger partial charge is 0.306 e. The number of rotatable bonds is 12. The molecule has 0 bridgehead atoms. The zero-order chi connectivity index (χ0) is 42.9. The number of hydrogen-bond donors (Lipinski definition) is 3. The van der Waals surface area contributed by atoms with E-state index in [4.69, 9.17) is 32.7 Å². The van der Waals surface area contributed by atoms with E-state index in [1.165, 1.54) is 16.8 Å². The fourth-order valence-corrected chi connectivity index (χ4v) is 11.1. The largest absolute Gasteiger partial charge is 0.481 e. The molecule has 2 aliphatic carbocycles. The molecule has 0 spiro atoms. The number of aryl methyl sites for hydroxylation is 2. The summed E-state index contributed by atoms with van der Waals surface area (Å²) in [6.07, 6.45) is 14.2. The second-order valence-corrected chi connectivity index (χ2v) is 18.0. The van der Waals surface area contributed by atoms with Crippen molar-refractivity contribution in [2.24, 2.45) is 11.8 Å². The number of aromatic nitrogens is 8. The Morgan fingerprint density at radius 3 is 1.74 bits per heavy atom. The number of methoxy groups -OCH3 is 2. The average molecular weight is 915 g/mol. The summed E-state index contributed by atoms with van der Waals surface area (Å²) in [4.78, 5) is 48.5. The Morgan fingerprint density at radius 1 is 0.774 bits per heavy atom. The molecule has 2 atom stereocenters. The molecule has 0 aliphatic heterocycles. The lowest BCUT2D eigenvalue weighted by Crippen LogP contribution is -2.41. The molecule has 0 fully saturated rings. The number of anilines is 4. The van der Waals surface area contributed by atoms with Crippen LogP contribution in [0.4, 0.5) is 23.0 Å². The molecular formula is C42H41Cl2N11O5S2. The van der Waals surface area contributed by atoms with Gasteiger partial charge < -0.3 is 30.1 Å². The van der Waals surface area contributed by atoms with Crippen LogP contribution in [0.1, 0.15) is 33.7 Å². The Kier molecular flexibility index (Phi) is 12.2. The summed E-state index contributed by atoms with van der Waals surface area (Å²) in [6, 6.07) is 7.69. The summed E-state index contributed by atoms with van der Waals surface area (Å²) >= 11 is 16.1. The average Bonchev–Trinajstić information content (AvgIpc) is 4.08. The van der Waals surface area contributed by atoms with Crippen molar-refractivity contribution in [1.29, 1.82) is 0 Å². The summed E-state index contributed by atoms with van der Waals surface area (Å²) in [5.41, 5.74) is 5.72. The molecule has 0 aromatic carbocycles.